The van der Waals surface area contributed by atoms with Crippen LogP contribution >= 0.6 is 0 Å². The number of imidazole rings is 1. The summed E-state index contributed by atoms with van der Waals surface area (Å²) >= 11 is 0. The van der Waals surface area contributed by atoms with Crippen molar-refractivity contribution < 1.29 is 9.90 Å². The Hall–Kier alpha value is -3.43. The molecule has 1 aromatic heterocycles. The van der Waals surface area contributed by atoms with Gasteiger partial charge in [-0.1, -0.05) is 30.3 Å². The molecule has 0 unspecified atom stereocenters. The molecule has 2 heterocycles. The van der Waals surface area contributed by atoms with Gasteiger partial charge in [0.1, 0.15) is 11.6 Å². The lowest BCUT2D eigenvalue weighted by Crippen LogP contribution is -2.14. The van der Waals surface area contributed by atoms with E-state index in [9.17, 15) is 15.2 Å². The summed E-state index contributed by atoms with van der Waals surface area (Å²) in [5, 5.41) is 22.0. The minimum absolute atomic E-state index is 0.0790. The lowest BCUT2D eigenvalue weighted by Gasteiger charge is -2.09. The number of carbonyl (C=O) groups excluding carboxylic acids is 1. The van der Waals surface area contributed by atoms with Crippen LogP contribution < -0.4 is 5.32 Å². The number of nitrogens with one attached hydrogen (secondary N) is 1. The highest BCUT2D eigenvalue weighted by molar-refractivity contribution is 6.15. The van der Waals surface area contributed by atoms with Gasteiger partial charge in [0.15, 0.2) is 5.82 Å². The minimum Gasteiger partial charge on any atom is -0.395 e. The highest BCUT2D eigenvalue weighted by atomic mass is 16.3. The number of aromatic nitrogens is 2. The van der Waals surface area contributed by atoms with Crippen molar-refractivity contribution >= 4 is 28.2 Å². The number of allylic oxidation sites excluding steroid dienone is 1. The van der Waals surface area contributed by atoms with Crippen LogP contribution in [-0.4, -0.2) is 27.2 Å². The van der Waals surface area contributed by atoms with Crippen molar-refractivity contribution in [3.8, 4) is 6.07 Å². The Balaban J connectivity index is 2.00. The summed E-state index contributed by atoms with van der Waals surface area (Å²) in [6.45, 7) is 0.230. The molecule has 0 fully saturated rings. The molecule has 6 heteroatoms. The van der Waals surface area contributed by atoms with Crippen LogP contribution in [-0.2, 0) is 6.54 Å². The normalized spacial score (nSPS) is 15.0. The Morgan fingerprint density at radius 1 is 1.16 bits per heavy atom. The molecule has 3 aromatic rings. The van der Waals surface area contributed by atoms with Gasteiger partial charge in [0.05, 0.1) is 23.3 Å². The van der Waals surface area contributed by atoms with Crippen LogP contribution in [0, 0.1) is 11.3 Å². The van der Waals surface area contributed by atoms with E-state index in [2.05, 4.69) is 16.4 Å². The third-order valence-corrected chi connectivity index (χ3v) is 4.24. The molecule has 0 aliphatic carbocycles. The molecule has 0 radical (unpaired) electrons. The molecule has 1 aliphatic rings. The fourth-order valence-corrected chi connectivity index (χ4v) is 3.15. The molecule has 0 saturated carbocycles. The number of amides is 1. The van der Waals surface area contributed by atoms with E-state index in [0.717, 1.165) is 11.0 Å². The van der Waals surface area contributed by atoms with Gasteiger partial charge in [-0.25, -0.2) is 4.98 Å². The first-order valence-corrected chi connectivity index (χ1v) is 7.86. The van der Waals surface area contributed by atoms with Crippen molar-refractivity contribution in [2.75, 3.05) is 6.61 Å². The molecule has 1 amide bonds. The lowest BCUT2D eigenvalue weighted by molar-refractivity contribution is 0.0981. The van der Waals surface area contributed by atoms with Crippen LogP contribution in [0.1, 0.15) is 21.7 Å². The highest BCUT2D eigenvalue weighted by Crippen LogP contribution is 2.32. The molecular formula is C19H14N4O2. The van der Waals surface area contributed by atoms with Gasteiger partial charge in [-0.2, -0.15) is 5.26 Å². The second-order valence-electron chi connectivity index (χ2n) is 5.66. The number of hydrogen-bond donors (Lipinski definition) is 2. The Bertz CT molecular complexity index is 1070. The van der Waals surface area contributed by atoms with Gasteiger partial charge in [0, 0.05) is 17.7 Å². The fraction of sp³-hybridized carbons (Fsp3) is 0.105. The first kappa shape index (κ1) is 15.1. The largest absolute Gasteiger partial charge is 0.395 e. The Labute approximate surface area is 143 Å². The number of hydrogen-bond acceptors (Lipinski definition) is 4. The molecule has 0 atom stereocenters. The molecule has 0 spiro atoms. The number of rotatable bonds is 3. The predicted molar refractivity (Wildman–Crippen MR) is 93.2 cm³/mol. The van der Waals surface area contributed by atoms with E-state index in [1.165, 1.54) is 0 Å². The van der Waals surface area contributed by atoms with Gasteiger partial charge in [-0.3, -0.25) is 4.79 Å². The van der Waals surface area contributed by atoms with E-state index in [-0.39, 0.29) is 18.1 Å². The van der Waals surface area contributed by atoms with Crippen molar-refractivity contribution in [3.63, 3.8) is 0 Å². The second kappa shape index (κ2) is 5.89. The van der Waals surface area contributed by atoms with E-state index < -0.39 is 0 Å². The number of nitrogens with zero attached hydrogens (tertiary/aromatic N) is 3. The topological polar surface area (TPSA) is 90.9 Å². The third kappa shape index (κ3) is 2.30. The number of aliphatic hydroxyl groups is 1. The predicted octanol–water partition coefficient (Wildman–Crippen LogP) is 2.16. The number of nitriles is 1. The van der Waals surface area contributed by atoms with Gasteiger partial charge in [0.2, 0.25) is 0 Å². The Kier molecular flexibility index (Phi) is 3.56. The molecule has 1 aliphatic heterocycles. The van der Waals surface area contributed by atoms with Crippen molar-refractivity contribution in [1.29, 1.82) is 5.26 Å². The van der Waals surface area contributed by atoms with Crippen LogP contribution in [0.3, 0.4) is 0 Å². The molecule has 25 heavy (non-hydrogen) atoms. The lowest BCUT2D eigenvalue weighted by atomic mass is 10.0. The number of aliphatic hydroxyl groups excluding tert-OH is 1. The molecule has 0 bridgehead atoms. The highest BCUT2D eigenvalue weighted by Gasteiger charge is 2.28. The third-order valence-electron chi connectivity index (χ3n) is 4.24. The first-order valence-electron chi connectivity index (χ1n) is 7.86. The number of benzene rings is 2. The van der Waals surface area contributed by atoms with Crippen molar-refractivity contribution in [2.45, 2.75) is 6.54 Å². The van der Waals surface area contributed by atoms with Gasteiger partial charge in [-0.05, 0) is 18.2 Å². The van der Waals surface area contributed by atoms with Gasteiger partial charge in [0.25, 0.3) is 5.91 Å². The van der Waals surface area contributed by atoms with Crippen molar-refractivity contribution in [1.82, 2.24) is 14.9 Å². The maximum atomic E-state index is 12.2. The summed E-state index contributed by atoms with van der Waals surface area (Å²) < 4.78 is 1.80. The summed E-state index contributed by atoms with van der Waals surface area (Å²) in [7, 11) is 0. The van der Waals surface area contributed by atoms with Crippen LogP contribution in [0.25, 0.3) is 22.3 Å². The van der Waals surface area contributed by atoms with Crippen molar-refractivity contribution in [3.05, 3.63) is 65.5 Å². The standard InChI is InChI=1S/C19H14N4O2/c20-11-14(17-12-5-1-2-6-13(12)19(25)22-17)18-21-15-7-3-4-8-16(15)23(18)9-10-24/h1-8,24H,9-10H2,(H,22,25). The minimum atomic E-state index is -0.233. The maximum absolute atomic E-state index is 12.2. The van der Waals surface area contributed by atoms with E-state index in [1.807, 2.05) is 30.3 Å². The quantitative estimate of drug-likeness (QED) is 0.720. The summed E-state index contributed by atoms with van der Waals surface area (Å²) in [4.78, 5) is 16.8. The first-order chi connectivity index (χ1) is 12.2. The zero-order chi connectivity index (χ0) is 17.4. The summed E-state index contributed by atoms with van der Waals surface area (Å²) in [5.74, 6) is 0.202. The number of para-hydroxylation sites is 2. The smallest absolute Gasteiger partial charge is 0.256 e. The average Bonchev–Trinajstić information content (AvgIpc) is 3.16. The molecule has 0 saturated heterocycles. The molecule has 6 nitrogen and oxygen atoms in total. The van der Waals surface area contributed by atoms with E-state index in [4.69, 9.17) is 0 Å². The average molecular weight is 330 g/mol. The van der Waals surface area contributed by atoms with Crippen LogP contribution in [0.15, 0.2) is 48.5 Å². The van der Waals surface area contributed by atoms with Crippen LogP contribution in [0.2, 0.25) is 0 Å². The van der Waals surface area contributed by atoms with Gasteiger partial charge >= 0.3 is 0 Å². The zero-order valence-electron chi connectivity index (χ0n) is 13.2. The summed E-state index contributed by atoms with van der Waals surface area (Å²) in [5.41, 5.74) is 3.52. The molecule has 122 valence electrons. The molecular weight excluding hydrogens is 316 g/mol. The van der Waals surface area contributed by atoms with Crippen LogP contribution in [0.4, 0.5) is 0 Å². The summed E-state index contributed by atoms with van der Waals surface area (Å²) in [6, 6.07) is 16.8. The molecule has 2 aromatic carbocycles. The molecule has 4 rings (SSSR count). The Morgan fingerprint density at radius 3 is 2.64 bits per heavy atom. The fourth-order valence-electron chi connectivity index (χ4n) is 3.15. The molecule has 2 N–H and O–H groups in total. The number of fused-ring (bicyclic) bond motifs is 2. The zero-order valence-corrected chi connectivity index (χ0v) is 13.2. The van der Waals surface area contributed by atoms with E-state index in [1.54, 1.807) is 22.8 Å². The SMILES string of the molecule is N#CC(=C1NC(=O)c2ccccc21)c1nc2ccccc2n1CCO. The monoisotopic (exact) mass is 330 g/mol. The summed E-state index contributed by atoms with van der Waals surface area (Å²) in [6.07, 6.45) is 0. The Morgan fingerprint density at radius 2 is 1.88 bits per heavy atom. The van der Waals surface area contributed by atoms with Crippen LogP contribution in [0.5, 0.6) is 0 Å². The maximum Gasteiger partial charge on any atom is 0.256 e. The van der Waals surface area contributed by atoms with Crippen molar-refractivity contribution in [2.24, 2.45) is 0 Å². The van der Waals surface area contributed by atoms with E-state index in [0.29, 0.717) is 29.2 Å². The second-order valence-corrected chi connectivity index (χ2v) is 5.66. The number of carbonyl (C=O) groups is 1. The van der Waals surface area contributed by atoms with E-state index >= 15 is 0 Å². The van der Waals surface area contributed by atoms with Gasteiger partial charge in [-0.15, -0.1) is 0 Å². The van der Waals surface area contributed by atoms with Gasteiger partial charge < -0.3 is 15.0 Å².